The van der Waals surface area contributed by atoms with Gasteiger partial charge >= 0.3 is 0 Å². The van der Waals surface area contributed by atoms with Crippen molar-refractivity contribution in [3.63, 3.8) is 0 Å². The molecule has 1 aromatic carbocycles. The Morgan fingerprint density at radius 3 is 2.30 bits per heavy atom. The molecule has 0 unspecified atom stereocenters. The van der Waals surface area contributed by atoms with Gasteiger partial charge in [0.1, 0.15) is 11.5 Å². The van der Waals surface area contributed by atoms with Gasteiger partial charge in [-0.05, 0) is 13.8 Å². The Balaban J connectivity index is 2.11. The van der Waals surface area contributed by atoms with E-state index < -0.39 is 0 Å². The third kappa shape index (κ3) is 3.04. The molecule has 0 aliphatic heterocycles. The van der Waals surface area contributed by atoms with Crippen molar-refractivity contribution < 1.29 is 9.47 Å². The van der Waals surface area contributed by atoms with Gasteiger partial charge in [0.2, 0.25) is 0 Å². The van der Waals surface area contributed by atoms with Crippen molar-refractivity contribution in [3.8, 4) is 11.5 Å². The maximum atomic E-state index is 5.26. The number of benzene rings is 1. The summed E-state index contributed by atoms with van der Waals surface area (Å²) < 4.78 is 12.5. The lowest BCUT2D eigenvalue weighted by Crippen LogP contribution is -2.03. The van der Waals surface area contributed by atoms with E-state index in [1.165, 1.54) is 11.3 Å². The SMILES string of the molecule is CCn1ncc(CNc2cc(OC)cc(OC)c2)c1C. The number of ether oxygens (including phenoxy) is 2. The van der Waals surface area contributed by atoms with Crippen molar-refractivity contribution >= 4 is 5.69 Å². The largest absolute Gasteiger partial charge is 0.497 e. The highest BCUT2D eigenvalue weighted by molar-refractivity contribution is 5.54. The Morgan fingerprint density at radius 2 is 1.80 bits per heavy atom. The standard InChI is InChI=1S/C15H21N3O2/c1-5-18-11(2)12(10-17-18)9-16-13-6-14(19-3)8-15(7-13)20-4/h6-8,10,16H,5,9H2,1-4H3. The van der Waals surface area contributed by atoms with Crippen molar-refractivity contribution in [2.24, 2.45) is 0 Å². The van der Waals surface area contributed by atoms with Gasteiger partial charge in [0.25, 0.3) is 0 Å². The average Bonchev–Trinajstić information content (AvgIpc) is 2.84. The molecular weight excluding hydrogens is 254 g/mol. The van der Waals surface area contributed by atoms with Crippen LogP contribution in [0.15, 0.2) is 24.4 Å². The summed E-state index contributed by atoms with van der Waals surface area (Å²) in [4.78, 5) is 0. The molecule has 0 aliphatic carbocycles. The third-order valence-electron chi connectivity index (χ3n) is 3.34. The predicted octanol–water partition coefficient (Wildman–Crippen LogP) is 2.84. The summed E-state index contributed by atoms with van der Waals surface area (Å²) in [5.74, 6) is 1.54. The number of hydrogen-bond donors (Lipinski definition) is 1. The van der Waals surface area contributed by atoms with Crippen molar-refractivity contribution in [2.75, 3.05) is 19.5 Å². The molecule has 0 aliphatic rings. The van der Waals surface area contributed by atoms with Crippen LogP contribution in [0.2, 0.25) is 0 Å². The molecule has 0 fully saturated rings. The third-order valence-corrected chi connectivity index (χ3v) is 3.34. The molecule has 0 saturated heterocycles. The van der Waals surface area contributed by atoms with Gasteiger partial charge in [-0.15, -0.1) is 0 Å². The summed E-state index contributed by atoms with van der Waals surface area (Å²) in [6, 6.07) is 5.75. The minimum atomic E-state index is 0.724. The average molecular weight is 275 g/mol. The van der Waals surface area contributed by atoms with E-state index in [-0.39, 0.29) is 0 Å². The molecule has 1 heterocycles. The van der Waals surface area contributed by atoms with Crippen molar-refractivity contribution in [1.82, 2.24) is 9.78 Å². The van der Waals surface area contributed by atoms with Crippen LogP contribution in [-0.2, 0) is 13.1 Å². The zero-order chi connectivity index (χ0) is 14.5. The van der Waals surface area contributed by atoms with E-state index in [1.807, 2.05) is 29.1 Å². The number of rotatable bonds is 6. The highest BCUT2D eigenvalue weighted by Gasteiger charge is 2.06. The summed E-state index contributed by atoms with van der Waals surface area (Å²) in [5, 5.41) is 7.72. The van der Waals surface area contributed by atoms with Crippen LogP contribution in [0, 0.1) is 6.92 Å². The first-order chi connectivity index (χ1) is 9.67. The Labute approximate surface area is 119 Å². The summed E-state index contributed by atoms with van der Waals surface area (Å²) in [6.45, 7) is 5.78. The van der Waals surface area contributed by atoms with E-state index in [0.29, 0.717) is 0 Å². The van der Waals surface area contributed by atoms with Crippen molar-refractivity contribution in [3.05, 3.63) is 35.7 Å². The van der Waals surface area contributed by atoms with E-state index >= 15 is 0 Å². The zero-order valence-corrected chi connectivity index (χ0v) is 12.4. The Hall–Kier alpha value is -2.17. The van der Waals surface area contributed by atoms with Gasteiger partial charge in [0.05, 0.1) is 20.4 Å². The van der Waals surface area contributed by atoms with Gasteiger partial charge in [-0.2, -0.15) is 5.10 Å². The minimum Gasteiger partial charge on any atom is -0.497 e. The van der Waals surface area contributed by atoms with E-state index in [4.69, 9.17) is 9.47 Å². The predicted molar refractivity (Wildman–Crippen MR) is 79.5 cm³/mol. The van der Waals surface area contributed by atoms with Gasteiger partial charge < -0.3 is 14.8 Å². The van der Waals surface area contributed by atoms with Crippen LogP contribution in [0.1, 0.15) is 18.2 Å². The summed E-state index contributed by atoms with van der Waals surface area (Å²) in [5.41, 5.74) is 3.34. The molecule has 2 aromatic rings. The minimum absolute atomic E-state index is 0.724. The zero-order valence-electron chi connectivity index (χ0n) is 12.4. The Kier molecular flexibility index (Phi) is 4.50. The van der Waals surface area contributed by atoms with Crippen molar-refractivity contribution in [1.29, 1.82) is 0 Å². The Bertz CT molecular complexity index is 556. The maximum absolute atomic E-state index is 5.26. The fourth-order valence-electron chi connectivity index (χ4n) is 2.08. The molecule has 5 nitrogen and oxygen atoms in total. The number of aryl methyl sites for hydroxylation is 1. The fourth-order valence-corrected chi connectivity index (χ4v) is 2.08. The topological polar surface area (TPSA) is 48.3 Å². The first kappa shape index (κ1) is 14.2. The molecule has 2 rings (SSSR count). The second-order valence-electron chi connectivity index (χ2n) is 4.53. The van der Waals surface area contributed by atoms with Crippen LogP contribution in [0.3, 0.4) is 0 Å². The highest BCUT2D eigenvalue weighted by atomic mass is 16.5. The summed E-state index contributed by atoms with van der Waals surface area (Å²) in [6.07, 6.45) is 1.91. The number of anilines is 1. The van der Waals surface area contributed by atoms with Gasteiger partial charge in [0.15, 0.2) is 0 Å². The van der Waals surface area contributed by atoms with Crippen LogP contribution in [-0.4, -0.2) is 24.0 Å². The van der Waals surface area contributed by atoms with E-state index in [2.05, 4.69) is 24.3 Å². The van der Waals surface area contributed by atoms with Gasteiger partial charge in [-0.3, -0.25) is 4.68 Å². The van der Waals surface area contributed by atoms with Gasteiger partial charge in [-0.25, -0.2) is 0 Å². The summed E-state index contributed by atoms with van der Waals surface area (Å²) in [7, 11) is 3.29. The molecule has 1 aromatic heterocycles. The molecule has 0 radical (unpaired) electrons. The van der Waals surface area contributed by atoms with E-state index in [0.717, 1.165) is 30.3 Å². The smallest absolute Gasteiger partial charge is 0.124 e. The number of methoxy groups -OCH3 is 2. The molecule has 0 amide bonds. The maximum Gasteiger partial charge on any atom is 0.124 e. The fraction of sp³-hybridized carbons (Fsp3) is 0.400. The first-order valence-electron chi connectivity index (χ1n) is 6.66. The van der Waals surface area contributed by atoms with Crippen LogP contribution in [0.5, 0.6) is 11.5 Å². The lowest BCUT2D eigenvalue weighted by molar-refractivity contribution is 0.394. The van der Waals surface area contributed by atoms with Crippen LogP contribution < -0.4 is 14.8 Å². The van der Waals surface area contributed by atoms with Crippen LogP contribution in [0.4, 0.5) is 5.69 Å². The number of aromatic nitrogens is 2. The highest BCUT2D eigenvalue weighted by Crippen LogP contribution is 2.26. The molecule has 20 heavy (non-hydrogen) atoms. The molecule has 5 heteroatoms. The number of nitrogens with one attached hydrogen (secondary N) is 1. The van der Waals surface area contributed by atoms with Crippen LogP contribution in [0.25, 0.3) is 0 Å². The molecule has 0 atom stereocenters. The van der Waals surface area contributed by atoms with E-state index in [9.17, 15) is 0 Å². The Morgan fingerprint density at radius 1 is 1.15 bits per heavy atom. The monoisotopic (exact) mass is 275 g/mol. The molecular formula is C15H21N3O2. The lowest BCUT2D eigenvalue weighted by Gasteiger charge is -2.10. The van der Waals surface area contributed by atoms with Gasteiger partial charge in [0, 0.05) is 48.2 Å². The summed E-state index contributed by atoms with van der Waals surface area (Å²) >= 11 is 0. The number of nitrogens with zero attached hydrogens (tertiary/aromatic N) is 2. The second kappa shape index (κ2) is 6.32. The van der Waals surface area contributed by atoms with Crippen LogP contribution >= 0.6 is 0 Å². The second-order valence-corrected chi connectivity index (χ2v) is 4.53. The number of hydrogen-bond acceptors (Lipinski definition) is 4. The van der Waals surface area contributed by atoms with E-state index in [1.54, 1.807) is 14.2 Å². The quantitative estimate of drug-likeness (QED) is 0.880. The van der Waals surface area contributed by atoms with Crippen molar-refractivity contribution in [2.45, 2.75) is 26.9 Å². The molecule has 0 spiro atoms. The molecule has 0 bridgehead atoms. The van der Waals surface area contributed by atoms with Gasteiger partial charge in [-0.1, -0.05) is 0 Å². The lowest BCUT2D eigenvalue weighted by atomic mass is 10.2. The first-order valence-corrected chi connectivity index (χ1v) is 6.66. The molecule has 108 valence electrons. The molecule has 0 saturated carbocycles. The normalized spacial score (nSPS) is 10.4. The molecule has 1 N–H and O–H groups in total.